The highest BCUT2D eigenvalue weighted by atomic mass is 16.5. The predicted octanol–water partition coefficient (Wildman–Crippen LogP) is 4.94. The van der Waals surface area contributed by atoms with Gasteiger partial charge in [-0.05, 0) is 53.6 Å². The fourth-order valence-electron chi connectivity index (χ4n) is 4.42. The van der Waals surface area contributed by atoms with Gasteiger partial charge in [-0.2, -0.15) is 0 Å². The number of carbonyl (C=O) groups excluding carboxylic acids is 1. The molecule has 31 heavy (non-hydrogen) atoms. The molecular formula is C25H22N2O4. The molecule has 0 saturated carbocycles. The van der Waals surface area contributed by atoms with Crippen molar-refractivity contribution in [3.63, 3.8) is 0 Å². The van der Waals surface area contributed by atoms with Crippen LogP contribution >= 0.6 is 0 Å². The Kier molecular flexibility index (Phi) is 4.62. The van der Waals surface area contributed by atoms with Gasteiger partial charge in [0.05, 0.1) is 50.0 Å². The molecule has 2 aliphatic rings. The maximum Gasteiger partial charge on any atom is 0.263 e. The molecule has 5 rings (SSSR count). The van der Waals surface area contributed by atoms with Gasteiger partial charge in [-0.3, -0.25) is 14.7 Å². The first-order chi connectivity index (χ1) is 15.2. The number of hydrogen-bond acceptors (Lipinski definition) is 5. The lowest BCUT2D eigenvalue weighted by Crippen LogP contribution is -2.28. The summed E-state index contributed by atoms with van der Waals surface area (Å²) in [7, 11) is 4.79. The summed E-state index contributed by atoms with van der Waals surface area (Å²) >= 11 is 0. The van der Waals surface area contributed by atoms with Gasteiger partial charge in [0.15, 0.2) is 11.5 Å². The van der Waals surface area contributed by atoms with Gasteiger partial charge in [-0.15, -0.1) is 0 Å². The Morgan fingerprint density at radius 3 is 2.39 bits per heavy atom. The highest BCUT2D eigenvalue weighted by molar-refractivity contribution is 6.17. The Labute approximate surface area is 180 Å². The topological polar surface area (TPSA) is 60.4 Å². The van der Waals surface area contributed by atoms with Crippen LogP contribution < -0.4 is 19.1 Å². The first-order valence-corrected chi connectivity index (χ1v) is 10.1. The number of carbonyl (C=O) groups is 1. The fraction of sp³-hybridized carbons (Fsp3) is 0.200. The maximum atomic E-state index is 13.6. The van der Waals surface area contributed by atoms with Crippen molar-refractivity contribution >= 4 is 23.0 Å². The zero-order valence-electron chi connectivity index (χ0n) is 17.6. The third kappa shape index (κ3) is 2.94. The van der Waals surface area contributed by atoms with Crippen LogP contribution in [0.2, 0.25) is 0 Å². The number of ether oxygens (including phenoxy) is 3. The monoisotopic (exact) mass is 414 g/mol. The SMILES string of the molecule is COc1ccc(C2=Nc3ccccc3N3C(=O)c4c(ccc(OC)c4OC)[C@H]3C2)cc1. The quantitative estimate of drug-likeness (QED) is 0.607. The van der Waals surface area contributed by atoms with Crippen LogP contribution in [-0.2, 0) is 0 Å². The molecule has 0 aromatic heterocycles. The van der Waals surface area contributed by atoms with Crippen molar-refractivity contribution in [3.05, 3.63) is 77.4 Å². The van der Waals surface area contributed by atoms with Crippen molar-refractivity contribution in [1.82, 2.24) is 0 Å². The lowest BCUT2D eigenvalue weighted by Gasteiger charge is -2.24. The van der Waals surface area contributed by atoms with Crippen molar-refractivity contribution in [1.29, 1.82) is 0 Å². The molecule has 0 N–H and O–H groups in total. The van der Waals surface area contributed by atoms with Crippen LogP contribution in [0.3, 0.4) is 0 Å². The molecule has 1 atom stereocenters. The van der Waals surface area contributed by atoms with Crippen LogP contribution in [0.25, 0.3) is 0 Å². The molecular weight excluding hydrogens is 392 g/mol. The van der Waals surface area contributed by atoms with Crippen LogP contribution in [0.15, 0.2) is 65.7 Å². The molecule has 3 aromatic carbocycles. The first-order valence-electron chi connectivity index (χ1n) is 10.1. The van der Waals surface area contributed by atoms with Gasteiger partial charge in [-0.25, -0.2) is 0 Å². The molecule has 6 heteroatoms. The molecule has 0 aliphatic carbocycles. The van der Waals surface area contributed by atoms with E-state index in [0.29, 0.717) is 23.5 Å². The number of para-hydroxylation sites is 2. The second-order valence-electron chi connectivity index (χ2n) is 7.44. The summed E-state index contributed by atoms with van der Waals surface area (Å²) in [4.78, 5) is 20.4. The van der Waals surface area contributed by atoms with Gasteiger partial charge >= 0.3 is 0 Å². The maximum absolute atomic E-state index is 13.6. The normalized spacial score (nSPS) is 16.6. The number of nitrogens with zero attached hydrogens (tertiary/aromatic N) is 2. The molecule has 6 nitrogen and oxygen atoms in total. The summed E-state index contributed by atoms with van der Waals surface area (Å²) in [6.07, 6.45) is 0.579. The van der Waals surface area contributed by atoms with E-state index >= 15 is 0 Å². The van der Waals surface area contributed by atoms with E-state index in [4.69, 9.17) is 19.2 Å². The number of benzene rings is 3. The van der Waals surface area contributed by atoms with E-state index in [1.54, 1.807) is 21.3 Å². The van der Waals surface area contributed by atoms with Crippen molar-refractivity contribution in [2.75, 3.05) is 26.2 Å². The molecule has 0 unspecified atom stereocenters. The third-order valence-electron chi connectivity index (χ3n) is 5.89. The fourth-order valence-corrected chi connectivity index (χ4v) is 4.42. The molecule has 0 fully saturated rings. The smallest absolute Gasteiger partial charge is 0.263 e. The van der Waals surface area contributed by atoms with E-state index < -0.39 is 0 Å². The lowest BCUT2D eigenvalue weighted by atomic mass is 9.96. The standard InChI is InChI=1S/C25H22N2O4/c1-29-16-10-8-15(9-11-16)19-14-21-17-12-13-22(30-2)24(31-3)23(17)25(28)27(21)20-7-5-4-6-18(20)26-19/h4-13,21H,14H2,1-3H3/t21-/m1/s1. The number of methoxy groups -OCH3 is 3. The minimum absolute atomic E-state index is 0.102. The van der Waals surface area contributed by atoms with Crippen molar-refractivity contribution in [2.24, 2.45) is 4.99 Å². The Morgan fingerprint density at radius 1 is 0.903 bits per heavy atom. The van der Waals surface area contributed by atoms with E-state index in [2.05, 4.69) is 0 Å². The van der Waals surface area contributed by atoms with E-state index in [1.165, 1.54) is 0 Å². The zero-order valence-corrected chi connectivity index (χ0v) is 17.6. The highest BCUT2D eigenvalue weighted by Crippen LogP contribution is 2.50. The number of aliphatic imine (C=N–C) groups is 1. The average molecular weight is 414 g/mol. The van der Waals surface area contributed by atoms with Crippen molar-refractivity contribution < 1.29 is 19.0 Å². The van der Waals surface area contributed by atoms with Crippen LogP contribution in [0.4, 0.5) is 11.4 Å². The zero-order chi connectivity index (χ0) is 21.5. The third-order valence-corrected chi connectivity index (χ3v) is 5.89. The number of hydrogen-bond donors (Lipinski definition) is 0. The molecule has 0 radical (unpaired) electrons. The molecule has 156 valence electrons. The highest BCUT2D eigenvalue weighted by Gasteiger charge is 2.43. The van der Waals surface area contributed by atoms with E-state index in [9.17, 15) is 4.79 Å². The number of amides is 1. The van der Waals surface area contributed by atoms with E-state index in [1.807, 2.05) is 65.6 Å². The summed E-state index contributed by atoms with van der Waals surface area (Å²) in [5.74, 6) is 1.70. The Morgan fingerprint density at radius 2 is 1.68 bits per heavy atom. The van der Waals surface area contributed by atoms with Gasteiger partial charge in [-0.1, -0.05) is 18.2 Å². The molecule has 1 amide bonds. The van der Waals surface area contributed by atoms with Crippen LogP contribution in [0.1, 0.15) is 33.9 Å². The van der Waals surface area contributed by atoms with Gasteiger partial charge < -0.3 is 14.2 Å². The molecule has 3 aromatic rings. The van der Waals surface area contributed by atoms with Crippen LogP contribution in [-0.4, -0.2) is 32.9 Å². The minimum Gasteiger partial charge on any atom is -0.497 e. The van der Waals surface area contributed by atoms with Gasteiger partial charge in [0.25, 0.3) is 5.91 Å². The summed E-state index contributed by atoms with van der Waals surface area (Å²) in [5, 5.41) is 0. The minimum atomic E-state index is -0.188. The summed E-state index contributed by atoms with van der Waals surface area (Å²) in [6, 6.07) is 19.2. The summed E-state index contributed by atoms with van der Waals surface area (Å²) in [6.45, 7) is 0. The second-order valence-corrected chi connectivity index (χ2v) is 7.44. The Bertz CT molecular complexity index is 1200. The second kappa shape index (κ2) is 7.47. The molecule has 0 bridgehead atoms. The lowest BCUT2D eigenvalue weighted by molar-refractivity contribution is 0.0989. The number of anilines is 1. The van der Waals surface area contributed by atoms with Crippen molar-refractivity contribution in [3.8, 4) is 17.2 Å². The van der Waals surface area contributed by atoms with Crippen LogP contribution in [0.5, 0.6) is 17.2 Å². The first kappa shape index (κ1) is 19.2. The van der Waals surface area contributed by atoms with E-state index in [-0.39, 0.29) is 11.9 Å². The molecule has 0 saturated heterocycles. The van der Waals surface area contributed by atoms with Gasteiger partial charge in [0, 0.05) is 6.42 Å². The summed E-state index contributed by atoms with van der Waals surface area (Å²) < 4.78 is 16.3. The molecule has 2 aliphatic heterocycles. The van der Waals surface area contributed by atoms with Gasteiger partial charge in [0.2, 0.25) is 0 Å². The average Bonchev–Trinajstić information content (AvgIpc) is 2.98. The molecule has 0 spiro atoms. The number of fused-ring (bicyclic) bond motifs is 5. The van der Waals surface area contributed by atoms with Gasteiger partial charge in [0.1, 0.15) is 5.75 Å². The predicted molar refractivity (Wildman–Crippen MR) is 119 cm³/mol. The van der Waals surface area contributed by atoms with E-state index in [0.717, 1.165) is 34.0 Å². The Balaban J connectivity index is 1.69. The largest absolute Gasteiger partial charge is 0.497 e. The summed E-state index contributed by atoms with van der Waals surface area (Å²) in [5.41, 5.74) is 4.94. The molecule has 2 heterocycles. The van der Waals surface area contributed by atoms with Crippen molar-refractivity contribution in [2.45, 2.75) is 12.5 Å². The Hall–Kier alpha value is -3.80. The van der Waals surface area contributed by atoms with Crippen LogP contribution in [0, 0.1) is 0 Å². The number of rotatable bonds is 4.